The van der Waals surface area contributed by atoms with E-state index in [0.29, 0.717) is 12.1 Å². The van der Waals surface area contributed by atoms with Gasteiger partial charge in [0.2, 0.25) is 0 Å². The van der Waals surface area contributed by atoms with Gasteiger partial charge in [-0.15, -0.1) is 5.10 Å². The predicted octanol–water partition coefficient (Wildman–Crippen LogP) is 7.00. The topological polar surface area (TPSA) is 96.6 Å². The van der Waals surface area contributed by atoms with Crippen molar-refractivity contribution in [2.24, 2.45) is 0 Å². The number of ether oxygens (including phenoxy) is 1. The largest absolute Gasteiger partial charge is 0.446 e. The van der Waals surface area contributed by atoms with Gasteiger partial charge in [0.25, 0.3) is 5.95 Å². The number of alkyl halides is 9. The summed E-state index contributed by atoms with van der Waals surface area (Å²) in [6, 6.07) is 1.60. The van der Waals surface area contributed by atoms with Crippen LogP contribution in [0.2, 0.25) is 0 Å². The van der Waals surface area contributed by atoms with Crippen LogP contribution in [0, 0.1) is 0 Å². The van der Waals surface area contributed by atoms with Crippen molar-refractivity contribution in [2.45, 2.75) is 83.4 Å². The van der Waals surface area contributed by atoms with E-state index in [1.54, 1.807) is 20.8 Å². The molecule has 2 aromatic carbocycles. The van der Waals surface area contributed by atoms with Gasteiger partial charge in [-0.2, -0.15) is 44.3 Å². The highest BCUT2D eigenvalue weighted by atomic mass is 19.4. The summed E-state index contributed by atoms with van der Waals surface area (Å²) in [5.41, 5.74) is -4.92. The summed E-state index contributed by atoms with van der Waals surface area (Å²) < 4.78 is 129. The van der Waals surface area contributed by atoms with E-state index in [1.807, 2.05) is 0 Å². The number of aromatic nitrogens is 4. The van der Waals surface area contributed by atoms with Gasteiger partial charge in [-0.05, 0) is 79.4 Å². The van der Waals surface area contributed by atoms with Gasteiger partial charge in [0, 0.05) is 12.6 Å². The van der Waals surface area contributed by atoms with Gasteiger partial charge >= 0.3 is 24.6 Å². The second-order valence-electron chi connectivity index (χ2n) is 10.8. The number of tetrazole rings is 1. The fourth-order valence-corrected chi connectivity index (χ4v) is 5.22. The molecule has 0 bridgehead atoms. The average Bonchev–Trinajstić information content (AvgIpc) is 3.41. The minimum absolute atomic E-state index is 0.00507. The number of rotatable bonds is 8. The Labute approximate surface area is 256 Å². The highest BCUT2D eigenvalue weighted by molar-refractivity contribution is 5.90. The molecule has 18 heteroatoms. The number of halogens is 9. The molecule has 3 aromatic rings. The van der Waals surface area contributed by atoms with Crippen LogP contribution < -0.4 is 9.80 Å². The van der Waals surface area contributed by atoms with Gasteiger partial charge in [-0.3, -0.25) is 4.90 Å². The number of benzene rings is 2. The zero-order chi connectivity index (χ0) is 34.2. The van der Waals surface area contributed by atoms with Gasteiger partial charge in [0.05, 0.1) is 47.7 Å². The molecule has 1 aromatic heterocycles. The smallest absolute Gasteiger partial charge is 0.416 e. The highest BCUT2D eigenvalue weighted by Gasteiger charge is 2.43. The number of carbonyl (C=O) groups is 1. The number of aliphatic hydroxyl groups excluding tert-OH is 1. The lowest BCUT2D eigenvalue weighted by Crippen LogP contribution is -2.48. The molecule has 1 aliphatic rings. The second kappa shape index (κ2) is 13.0. The zero-order valence-corrected chi connectivity index (χ0v) is 24.6. The zero-order valence-electron chi connectivity index (χ0n) is 24.6. The fraction of sp³-hybridized carbons (Fsp3) is 0.500. The third-order valence-electron chi connectivity index (χ3n) is 7.21. The van der Waals surface area contributed by atoms with Crippen LogP contribution in [0.15, 0.2) is 36.4 Å². The van der Waals surface area contributed by atoms with Crippen LogP contribution in [0.1, 0.15) is 67.5 Å². The lowest BCUT2D eigenvalue weighted by atomic mass is 9.87. The van der Waals surface area contributed by atoms with Crippen LogP contribution in [0.5, 0.6) is 0 Å². The fourth-order valence-electron chi connectivity index (χ4n) is 5.22. The van der Waals surface area contributed by atoms with Crippen molar-refractivity contribution in [1.82, 2.24) is 20.2 Å². The molecular weight excluding hydrogens is 639 g/mol. The summed E-state index contributed by atoms with van der Waals surface area (Å²) >= 11 is 0. The Balaban J connectivity index is 1.95. The SMILES string of the molecule is CC[C@@H]1C[C@H](N(Cc2cc(C(F)(F)F)cc(C(F)(F)F)c2)c2nnn(CCO)n2)c2cc(C(F)(F)F)ccc2N1C(=O)OC(C)C. The number of carbonyl (C=O) groups excluding carboxylic acids is 1. The Kier molecular flexibility index (Phi) is 9.80. The van der Waals surface area contributed by atoms with E-state index in [1.165, 1.54) is 4.90 Å². The molecule has 0 saturated heterocycles. The molecule has 2 heterocycles. The van der Waals surface area contributed by atoms with Crippen molar-refractivity contribution in [1.29, 1.82) is 0 Å². The summed E-state index contributed by atoms with van der Waals surface area (Å²) in [6.07, 6.45) is -16.5. The van der Waals surface area contributed by atoms with Gasteiger partial charge in [0.1, 0.15) is 0 Å². The quantitative estimate of drug-likeness (QED) is 0.258. The lowest BCUT2D eigenvalue weighted by Gasteiger charge is -2.44. The summed E-state index contributed by atoms with van der Waals surface area (Å²) in [6.45, 7) is 3.47. The number of hydrogen-bond acceptors (Lipinski definition) is 7. The molecule has 1 amide bonds. The molecule has 252 valence electrons. The molecule has 4 rings (SSSR count). The van der Waals surface area contributed by atoms with Crippen molar-refractivity contribution >= 4 is 17.7 Å². The highest BCUT2D eigenvalue weighted by Crippen LogP contribution is 2.46. The minimum atomic E-state index is -5.16. The van der Waals surface area contributed by atoms with E-state index in [0.717, 1.165) is 27.9 Å². The summed E-state index contributed by atoms with van der Waals surface area (Å²) in [5, 5.41) is 21.0. The van der Waals surface area contributed by atoms with Gasteiger partial charge in [-0.1, -0.05) is 12.0 Å². The third kappa shape index (κ3) is 7.64. The number of hydrogen-bond donors (Lipinski definition) is 1. The van der Waals surface area contributed by atoms with Crippen LogP contribution in [0.25, 0.3) is 0 Å². The molecule has 0 saturated carbocycles. The molecule has 2 atom stereocenters. The van der Waals surface area contributed by atoms with E-state index in [9.17, 15) is 49.4 Å². The monoisotopic (exact) mass is 668 g/mol. The second-order valence-corrected chi connectivity index (χ2v) is 10.8. The Bertz CT molecular complexity index is 1510. The van der Waals surface area contributed by atoms with Gasteiger partial charge < -0.3 is 14.7 Å². The maximum absolute atomic E-state index is 13.9. The summed E-state index contributed by atoms with van der Waals surface area (Å²) in [4.78, 5) is 16.4. The summed E-state index contributed by atoms with van der Waals surface area (Å²) in [7, 11) is 0. The number of anilines is 2. The van der Waals surface area contributed by atoms with Crippen molar-refractivity contribution in [3.8, 4) is 0 Å². The Morgan fingerprint density at radius 1 is 0.978 bits per heavy atom. The first-order chi connectivity index (χ1) is 21.3. The molecule has 0 fully saturated rings. The van der Waals surface area contributed by atoms with Gasteiger partial charge in [0.15, 0.2) is 0 Å². The molecule has 0 unspecified atom stereocenters. The average molecular weight is 669 g/mol. The van der Waals surface area contributed by atoms with E-state index in [-0.39, 0.29) is 42.7 Å². The van der Waals surface area contributed by atoms with Crippen molar-refractivity contribution in [3.63, 3.8) is 0 Å². The summed E-state index contributed by atoms with van der Waals surface area (Å²) in [5.74, 6) is -0.346. The minimum Gasteiger partial charge on any atom is -0.446 e. The first-order valence-electron chi connectivity index (χ1n) is 14.0. The van der Waals surface area contributed by atoms with E-state index >= 15 is 0 Å². The van der Waals surface area contributed by atoms with Crippen LogP contribution in [-0.4, -0.2) is 50.2 Å². The lowest BCUT2D eigenvalue weighted by molar-refractivity contribution is -0.143. The maximum Gasteiger partial charge on any atom is 0.416 e. The Morgan fingerprint density at radius 2 is 1.59 bits per heavy atom. The van der Waals surface area contributed by atoms with E-state index < -0.39 is 78.2 Å². The molecule has 46 heavy (non-hydrogen) atoms. The normalized spacial score (nSPS) is 17.3. The first-order valence-corrected chi connectivity index (χ1v) is 14.0. The molecule has 9 nitrogen and oxygen atoms in total. The molecule has 1 aliphatic heterocycles. The number of amides is 1. The van der Waals surface area contributed by atoms with Crippen LogP contribution >= 0.6 is 0 Å². The van der Waals surface area contributed by atoms with Crippen molar-refractivity contribution in [2.75, 3.05) is 16.4 Å². The molecule has 1 N–H and O–H groups in total. The van der Waals surface area contributed by atoms with Crippen molar-refractivity contribution < 1.29 is 54.2 Å². The molecule has 0 spiro atoms. The molecule has 0 radical (unpaired) electrons. The molecule has 0 aliphatic carbocycles. The Hall–Kier alpha value is -4.09. The standard InChI is InChI=1S/C28H29F9N6O3/c1-4-20-13-23(21-12-17(26(29,30)31)5-6-22(21)43(20)25(45)46-15(2)3)41(24-38-40-42(39-24)7-8-44)14-16-9-18(27(32,33)34)11-19(10-16)28(35,36)37/h5-6,9-12,15,20,23,44H,4,7-8,13-14H2,1-3H3/t20-,23+/m1/s1. The van der Waals surface area contributed by atoms with Gasteiger partial charge in [-0.25, -0.2) is 4.79 Å². The van der Waals surface area contributed by atoms with Crippen LogP contribution in [-0.2, 0) is 36.4 Å². The van der Waals surface area contributed by atoms with Crippen LogP contribution in [0.4, 0.5) is 55.9 Å². The van der Waals surface area contributed by atoms with Crippen molar-refractivity contribution in [3.05, 3.63) is 64.2 Å². The maximum atomic E-state index is 13.9. The van der Waals surface area contributed by atoms with Crippen LogP contribution in [0.3, 0.4) is 0 Å². The number of fused-ring (bicyclic) bond motifs is 1. The number of aliphatic hydroxyl groups is 1. The first kappa shape index (κ1) is 34.8. The molecular formula is C28H29F9N6O3. The predicted molar refractivity (Wildman–Crippen MR) is 145 cm³/mol. The van der Waals surface area contributed by atoms with E-state index in [2.05, 4.69) is 15.4 Å². The van der Waals surface area contributed by atoms with E-state index in [4.69, 9.17) is 4.74 Å². The third-order valence-corrected chi connectivity index (χ3v) is 7.21. The Morgan fingerprint density at radius 3 is 2.11 bits per heavy atom. The number of nitrogens with zero attached hydrogens (tertiary/aromatic N) is 6.